The number of aromatic nitrogens is 2. The van der Waals surface area contributed by atoms with Crippen molar-refractivity contribution in [2.75, 3.05) is 17.7 Å². The predicted octanol–water partition coefficient (Wildman–Crippen LogP) is 3.98. The van der Waals surface area contributed by atoms with Gasteiger partial charge in [0.25, 0.3) is 0 Å². The molecule has 26 heavy (non-hydrogen) atoms. The van der Waals surface area contributed by atoms with Crippen LogP contribution in [0.1, 0.15) is 11.1 Å². The largest absolute Gasteiger partial charge is 0.495 e. The number of hydrogen-bond donors (Lipinski definition) is 3. The molecular weight excluding hydrogens is 333 g/mol. The molecule has 3 N–H and O–H groups in total. The molecule has 0 aliphatic rings. The Hall–Kier alpha value is -3.48. The van der Waals surface area contributed by atoms with E-state index in [2.05, 4.69) is 20.6 Å². The summed E-state index contributed by atoms with van der Waals surface area (Å²) in [6, 6.07) is 11.9. The lowest BCUT2D eigenvalue weighted by Crippen LogP contribution is -2.06. The first-order valence-corrected chi connectivity index (χ1v) is 7.94. The number of nitrogens with zero attached hydrogens (tertiary/aromatic N) is 2. The molecule has 0 saturated heterocycles. The number of halogens is 1. The molecular formula is C19H18FN5O. The van der Waals surface area contributed by atoms with E-state index in [-0.39, 0.29) is 5.82 Å². The summed E-state index contributed by atoms with van der Waals surface area (Å²) in [5.74, 6) is 1.56. The lowest BCUT2D eigenvalue weighted by molar-refractivity contribution is 0.413. The average Bonchev–Trinajstić information content (AvgIpc) is 2.68. The van der Waals surface area contributed by atoms with Crippen LogP contribution in [0.25, 0.3) is 0 Å². The van der Waals surface area contributed by atoms with Crippen LogP contribution in [-0.4, -0.2) is 23.3 Å². The molecule has 2 aromatic heterocycles. The van der Waals surface area contributed by atoms with Crippen molar-refractivity contribution in [3.63, 3.8) is 0 Å². The molecule has 2 heterocycles. The lowest BCUT2D eigenvalue weighted by atomic mass is 10.2. The van der Waals surface area contributed by atoms with Crippen molar-refractivity contribution in [3.8, 4) is 5.75 Å². The molecule has 0 amide bonds. The fourth-order valence-electron chi connectivity index (χ4n) is 2.34. The Balaban J connectivity index is 1.77. The molecule has 7 heteroatoms. The summed E-state index contributed by atoms with van der Waals surface area (Å²) in [5.41, 5.74) is 1.83. The zero-order valence-electron chi connectivity index (χ0n) is 14.2. The normalized spacial score (nSPS) is 10.2. The minimum absolute atomic E-state index is 0.272. The summed E-state index contributed by atoms with van der Waals surface area (Å²) in [4.78, 5) is 8.50. The minimum atomic E-state index is -0.272. The molecule has 132 valence electrons. The van der Waals surface area contributed by atoms with Gasteiger partial charge in [-0.05, 0) is 18.2 Å². The molecule has 0 bridgehead atoms. The van der Waals surface area contributed by atoms with Crippen molar-refractivity contribution < 1.29 is 9.13 Å². The highest BCUT2D eigenvalue weighted by molar-refractivity contribution is 5.86. The molecule has 3 aromatic rings. The van der Waals surface area contributed by atoms with E-state index < -0.39 is 0 Å². The number of hydrogen-bond acceptors (Lipinski definition) is 6. The third-order valence-electron chi connectivity index (χ3n) is 3.75. The second kappa shape index (κ2) is 8.06. The lowest BCUT2D eigenvalue weighted by Gasteiger charge is -2.12. The van der Waals surface area contributed by atoms with Gasteiger partial charge in [-0.1, -0.05) is 18.2 Å². The molecule has 1 aromatic carbocycles. The molecule has 0 aliphatic carbocycles. The molecule has 6 nitrogen and oxygen atoms in total. The van der Waals surface area contributed by atoms with E-state index in [0.29, 0.717) is 40.7 Å². The zero-order valence-corrected chi connectivity index (χ0v) is 14.2. The second-order valence-electron chi connectivity index (χ2n) is 5.45. The maximum atomic E-state index is 13.8. The monoisotopic (exact) mass is 351 g/mol. The van der Waals surface area contributed by atoms with E-state index >= 15 is 0 Å². The van der Waals surface area contributed by atoms with Crippen molar-refractivity contribution >= 4 is 23.5 Å². The van der Waals surface area contributed by atoms with Gasteiger partial charge in [-0.25, -0.2) is 14.4 Å². The van der Waals surface area contributed by atoms with Crippen LogP contribution in [-0.2, 0) is 6.54 Å². The van der Waals surface area contributed by atoms with E-state index in [4.69, 9.17) is 10.1 Å². The van der Waals surface area contributed by atoms with Gasteiger partial charge in [0.1, 0.15) is 23.2 Å². The average molecular weight is 351 g/mol. The molecule has 0 saturated carbocycles. The van der Waals surface area contributed by atoms with Gasteiger partial charge in [-0.2, -0.15) is 0 Å². The van der Waals surface area contributed by atoms with Gasteiger partial charge in [-0.3, -0.25) is 0 Å². The van der Waals surface area contributed by atoms with Gasteiger partial charge < -0.3 is 20.8 Å². The Bertz CT molecular complexity index is 899. The minimum Gasteiger partial charge on any atom is -0.495 e. The number of nitrogens with one attached hydrogen (secondary N) is 3. The van der Waals surface area contributed by atoms with Crippen LogP contribution in [0.5, 0.6) is 5.75 Å². The van der Waals surface area contributed by atoms with Gasteiger partial charge in [0.15, 0.2) is 0 Å². The van der Waals surface area contributed by atoms with Crippen LogP contribution in [0.3, 0.4) is 0 Å². The Morgan fingerprint density at radius 1 is 1.12 bits per heavy atom. The number of benzene rings is 1. The van der Waals surface area contributed by atoms with E-state index in [0.717, 1.165) is 0 Å². The predicted molar refractivity (Wildman–Crippen MR) is 99.9 cm³/mol. The highest BCUT2D eigenvalue weighted by Gasteiger charge is 2.07. The first-order valence-electron chi connectivity index (χ1n) is 7.94. The number of ether oxygens (including phenoxy) is 1. The van der Waals surface area contributed by atoms with Crippen LogP contribution < -0.4 is 15.4 Å². The Morgan fingerprint density at radius 3 is 2.62 bits per heavy atom. The highest BCUT2D eigenvalue weighted by atomic mass is 19.1. The van der Waals surface area contributed by atoms with Gasteiger partial charge in [-0.15, -0.1) is 0 Å². The van der Waals surface area contributed by atoms with Crippen molar-refractivity contribution in [2.24, 2.45) is 0 Å². The topological polar surface area (TPSA) is 82.9 Å². The SMILES string of the molecule is COc1ccc(Nc2cc(NCc3ccccc3F)c(C=N)cn2)nc1. The summed E-state index contributed by atoms with van der Waals surface area (Å²) in [6.45, 7) is 0.303. The Kier molecular flexibility index (Phi) is 5.38. The van der Waals surface area contributed by atoms with E-state index in [1.54, 1.807) is 55.9 Å². The third-order valence-corrected chi connectivity index (χ3v) is 3.75. The fraction of sp³-hybridized carbons (Fsp3) is 0.105. The molecule has 0 aliphatic heterocycles. The maximum absolute atomic E-state index is 13.8. The summed E-state index contributed by atoms with van der Waals surface area (Å²) in [5, 5.41) is 13.8. The summed E-state index contributed by atoms with van der Waals surface area (Å²) < 4.78 is 18.9. The van der Waals surface area contributed by atoms with Gasteiger partial charge in [0.2, 0.25) is 0 Å². The van der Waals surface area contributed by atoms with Crippen molar-refractivity contribution in [3.05, 3.63) is 71.8 Å². The number of pyridine rings is 2. The van der Waals surface area contributed by atoms with E-state index in [1.807, 2.05) is 0 Å². The summed E-state index contributed by atoms with van der Waals surface area (Å²) in [6.07, 6.45) is 4.38. The molecule has 0 unspecified atom stereocenters. The highest BCUT2D eigenvalue weighted by Crippen LogP contribution is 2.21. The Morgan fingerprint density at radius 2 is 1.92 bits per heavy atom. The van der Waals surface area contributed by atoms with E-state index in [1.165, 1.54) is 12.3 Å². The standard InChI is InChI=1S/C19H18FN5O/c1-26-15-6-7-18(24-12-15)25-19-8-17(14(9-21)11-23-19)22-10-13-4-2-3-5-16(13)20/h2-9,11-12,21H,10H2,1H3,(H2,22,23,24,25). The molecule has 0 radical (unpaired) electrons. The van der Waals surface area contributed by atoms with Crippen molar-refractivity contribution in [1.82, 2.24) is 9.97 Å². The first-order chi connectivity index (χ1) is 12.7. The molecule has 0 atom stereocenters. The second-order valence-corrected chi connectivity index (χ2v) is 5.45. The molecule has 0 spiro atoms. The van der Waals surface area contributed by atoms with E-state index in [9.17, 15) is 4.39 Å². The van der Waals surface area contributed by atoms with Crippen LogP contribution in [0.15, 0.2) is 54.9 Å². The van der Waals surface area contributed by atoms with Crippen LogP contribution in [0, 0.1) is 11.2 Å². The van der Waals surface area contributed by atoms with Crippen molar-refractivity contribution in [1.29, 1.82) is 5.41 Å². The first kappa shape index (κ1) is 17.3. The Labute approximate surface area is 150 Å². The third kappa shape index (κ3) is 4.13. The van der Waals surface area contributed by atoms with Crippen LogP contribution in [0.2, 0.25) is 0 Å². The fourth-order valence-corrected chi connectivity index (χ4v) is 2.34. The molecule has 0 fully saturated rings. The van der Waals surface area contributed by atoms with Gasteiger partial charge >= 0.3 is 0 Å². The molecule has 3 rings (SSSR count). The van der Waals surface area contributed by atoms with Crippen LogP contribution >= 0.6 is 0 Å². The number of rotatable bonds is 7. The van der Waals surface area contributed by atoms with Gasteiger partial charge in [0.05, 0.1) is 13.3 Å². The van der Waals surface area contributed by atoms with Gasteiger partial charge in [0, 0.05) is 41.8 Å². The smallest absolute Gasteiger partial charge is 0.137 e. The number of methoxy groups -OCH3 is 1. The summed E-state index contributed by atoms with van der Waals surface area (Å²) in [7, 11) is 1.58. The van der Waals surface area contributed by atoms with Crippen LogP contribution in [0.4, 0.5) is 21.7 Å². The number of anilines is 3. The summed E-state index contributed by atoms with van der Waals surface area (Å²) >= 11 is 0. The zero-order chi connectivity index (χ0) is 18.4. The maximum Gasteiger partial charge on any atom is 0.137 e. The van der Waals surface area contributed by atoms with Crippen molar-refractivity contribution in [2.45, 2.75) is 6.54 Å². The quantitative estimate of drug-likeness (QED) is 0.561.